The average Bonchev–Trinajstić information content (AvgIpc) is 1.84. The first kappa shape index (κ1) is 10.6. The molecule has 0 fully saturated rings. The molecule has 0 aromatic carbocycles. The molecule has 0 saturated heterocycles. The zero-order valence-electron chi connectivity index (χ0n) is 8.14. The maximum absolute atomic E-state index is 11.3. The molecule has 0 aliphatic rings. The van der Waals surface area contributed by atoms with Gasteiger partial charge >= 0.3 is 0 Å². The van der Waals surface area contributed by atoms with E-state index in [1.807, 2.05) is 34.6 Å². The van der Waals surface area contributed by atoms with Gasteiger partial charge in [0.1, 0.15) is 0 Å². The molecule has 0 spiro atoms. The Morgan fingerprint density at radius 2 is 1.64 bits per heavy atom. The number of hydrogen-bond acceptors (Lipinski definition) is 2. The van der Waals surface area contributed by atoms with E-state index in [2.05, 4.69) is 5.32 Å². The zero-order valence-corrected chi connectivity index (χ0v) is 8.14. The SMILES string of the molecule is CC(C)N[C@H](C)C(=O)C(C)C.[HH]. The van der Waals surface area contributed by atoms with Crippen LogP contribution < -0.4 is 5.32 Å². The lowest BCUT2D eigenvalue weighted by Gasteiger charge is -2.17. The molecule has 1 atom stereocenters. The summed E-state index contributed by atoms with van der Waals surface area (Å²) in [6.45, 7) is 9.87. The van der Waals surface area contributed by atoms with Crippen molar-refractivity contribution in [3.8, 4) is 0 Å². The highest BCUT2D eigenvalue weighted by Crippen LogP contribution is 1.99. The molecular weight excluding hydrogens is 138 g/mol. The molecule has 0 radical (unpaired) electrons. The van der Waals surface area contributed by atoms with Crippen LogP contribution in [0, 0.1) is 5.92 Å². The number of carbonyl (C=O) groups is 1. The van der Waals surface area contributed by atoms with E-state index in [9.17, 15) is 4.79 Å². The van der Waals surface area contributed by atoms with Crippen LogP contribution in [0.5, 0.6) is 0 Å². The number of carbonyl (C=O) groups excluding carboxylic acids is 1. The van der Waals surface area contributed by atoms with Gasteiger partial charge in [-0.1, -0.05) is 27.7 Å². The van der Waals surface area contributed by atoms with E-state index in [4.69, 9.17) is 0 Å². The summed E-state index contributed by atoms with van der Waals surface area (Å²) in [4.78, 5) is 11.3. The summed E-state index contributed by atoms with van der Waals surface area (Å²) >= 11 is 0. The van der Waals surface area contributed by atoms with Gasteiger partial charge < -0.3 is 5.32 Å². The second-order valence-corrected chi connectivity index (χ2v) is 3.60. The van der Waals surface area contributed by atoms with Crippen LogP contribution in [0.1, 0.15) is 36.0 Å². The fourth-order valence-corrected chi connectivity index (χ4v) is 1.08. The predicted molar refractivity (Wildman–Crippen MR) is 49.7 cm³/mol. The van der Waals surface area contributed by atoms with Gasteiger partial charge in [0.25, 0.3) is 0 Å². The molecule has 0 bridgehead atoms. The van der Waals surface area contributed by atoms with Crippen molar-refractivity contribution >= 4 is 5.78 Å². The van der Waals surface area contributed by atoms with Crippen LogP contribution in [0.15, 0.2) is 0 Å². The van der Waals surface area contributed by atoms with Crippen LogP contribution in [-0.4, -0.2) is 17.9 Å². The second-order valence-electron chi connectivity index (χ2n) is 3.60. The average molecular weight is 159 g/mol. The first-order valence-electron chi connectivity index (χ1n) is 4.25. The molecule has 0 heterocycles. The minimum atomic E-state index is -0.00463. The molecule has 0 aromatic rings. The van der Waals surface area contributed by atoms with Crippen LogP contribution in [-0.2, 0) is 4.79 Å². The normalized spacial score (nSPS) is 14.1. The third-order valence-electron chi connectivity index (χ3n) is 1.58. The van der Waals surface area contributed by atoms with Gasteiger partial charge in [-0.05, 0) is 6.92 Å². The topological polar surface area (TPSA) is 29.1 Å². The molecule has 2 heteroatoms. The van der Waals surface area contributed by atoms with E-state index >= 15 is 0 Å². The van der Waals surface area contributed by atoms with Crippen molar-refractivity contribution in [2.75, 3.05) is 0 Å². The number of nitrogens with one attached hydrogen (secondary N) is 1. The Hall–Kier alpha value is -0.370. The van der Waals surface area contributed by atoms with Crippen molar-refractivity contribution in [1.29, 1.82) is 0 Å². The molecule has 0 rings (SSSR count). The van der Waals surface area contributed by atoms with Crippen LogP contribution in [0.4, 0.5) is 0 Å². The number of ketones is 1. The monoisotopic (exact) mass is 159 g/mol. The van der Waals surface area contributed by atoms with E-state index in [-0.39, 0.29) is 13.4 Å². The highest BCUT2D eigenvalue weighted by molar-refractivity contribution is 5.85. The Labute approximate surface area is 70.9 Å². The fraction of sp³-hybridized carbons (Fsp3) is 0.889. The molecule has 0 unspecified atom stereocenters. The molecular formula is C9H21NO. The highest BCUT2D eigenvalue weighted by atomic mass is 16.1. The standard InChI is InChI=1S/C9H19NO.H2/c1-6(2)9(11)8(5)10-7(3)4;/h6-8,10H,1-5H3;1H/t8-;/m1./s1. The molecule has 0 amide bonds. The predicted octanol–water partition coefficient (Wildman–Crippen LogP) is 1.84. The smallest absolute Gasteiger partial charge is 0.151 e. The number of hydrogen-bond donors (Lipinski definition) is 1. The zero-order chi connectivity index (χ0) is 9.02. The van der Waals surface area contributed by atoms with Gasteiger partial charge in [0.15, 0.2) is 5.78 Å². The third kappa shape index (κ3) is 4.14. The van der Waals surface area contributed by atoms with E-state index < -0.39 is 0 Å². The van der Waals surface area contributed by atoms with Crippen LogP contribution in [0.2, 0.25) is 0 Å². The molecule has 68 valence electrons. The Kier molecular flexibility index (Phi) is 4.34. The van der Waals surface area contributed by atoms with Gasteiger partial charge in [-0.2, -0.15) is 0 Å². The van der Waals surface area contributed by atoms with Crippen molar-refractivity contribution in [1.82, 2.24) is 5.32 Å². The summed E-state index contributed by atoms with van der Waals surface area (Å²) in [7, 11) is 0. The van der Waals surface area contributed by atoms with E-state index in [0.717, 1.165) is 0 Å². The van der Waals surface area contributed by atoms with Crippen LogP contribution in [0.25, 0.3) is 0 Å². The van der Waals surface area contributed by atoms with Crippen molar-refractivity contribution in [2.45, 2.75) is 46.7 Å². The Bertz CT molecular complexity index is 134. The maximum Gasteiger partial charge on any atom is 0.151 e. The first-order valence-corrected chi connectivity index (χ1v) is 4.25. The molecule has 0 aliphatic carbocycles. The molecule has 1 N–H and O–H groups in total. The molecule has 0 aliphatic heterocycles. The molecule has 0 aromatic heterocycles. The summed E-state index contributed by atoms with van der Waals surface area (Å²) in [5.74, 6) is 0.426. The number of Topliss-reactive ketones (excluding diaryl/α,β-unsaturated/α-hetero) is 1. The maximum atomic E-state index is 11.3. The minimum Gasteiger partial charge on any atom is -0.305 e. The molecule has 2 nitrogen and oxygen atoms in total. The van der Waals surface area contributed by atoms with Crippen molar-refractivity contribution < 1.29 is 6.22 Å². The van der Waals surface area contributed by atoms with Crippen molar-refractivity contribution in [3.05, 3.63) is 0 Å². The van der Waals surface area contributed by atoms with E-state index in [1.54, 1.807) is 0 Å². The second kappa shape index (κ2) is 4.50. The van der Waals surface area contributed by atoms with Gasteiger partial charge in [-0.3, -0.25) is 4.79 Å². The lowest BCUT2D eigenvalue weighted by atomic mass is 10.0. The van der Waals surface area contributed by atoms with Gasteiger partial charge in [-0.25, -0.2) is 0 Å². The van der Waals surface area contributed by atoms with Gasteiger partial charge in [0.2, 0.25) is 0 Å². The fourth-order valence-electron chi connectivity index (χ4n) is 1.08. The largest absolute Gasteiger partial charge is 0.305 e. The quantitative estimate of drug-likeness (QED) is 0.678. The summed E-state index contributed by atoms with van der Waals surface area (Å²) in [6.07, 6.45) is 0. The van der Waals surface area contributed by atoms with Crippen molar-refractivity contribution in [3.63, 3.8) is 0 Å². The highest BCUT2D eigenvalue weighted by Gasteiger charge is 2.15. The third-order valence-corrected chi connectivity index (χ3v) is 1.58. The van der Waals surface area contributed by atoms with Gasteiger partial charge in [0, 0.05) is 13.4 Å². The van der Waals surface area contributed by atoms with E-state index in [0.29, 0.717) is 11.8 Å². The molecule has 0 saturated carbocycles. The van der Waals surface area contributed by atoms with Gasteiger partial charge in [-0.15, -0.1) is 0 Å². The Morgan fingerprint density at radius 1 is 1.18 bits per heavy atom. The molecule has 11 heavy (non-hydrogen) atoms. The summed E-state index contributed by atoms with van der Waals surface area (Å²) in [6, 6.07) is 0.377. The van der Waals surface area contributed by atoms with Crippen LogP contribution in [0.3, 0.4) is 0 Å². The summed E-state index contributed by atoms with van der Waals surface area (Å²) < 4.78 is 0. The lowest BCUT2D eigenvalue weighted by molar-refractivity contribution is -0.123. The Morgan fingerprint density at radius 3 is 1.91 bits per heavy atom. The minimum absolute atomic E-state index is 0. The first-order chi connectivity index (χ1) is 4.95. The summed E-state index contributed by atoms with van der Waals surface area (Å²) in [5.41, 5.74) is 0. The summed E-state index contributed by atoms with van der Waals surface area (Å²) in [5, 5.41) is 3.17. The van der Waals surface area contributed by atoms with E-state index in [1.165, 1.54) is 0 Å². The van der Waals surface area contributed by atoms with Crippen LogP contribution >= 0.6 is 0 Å². The lowest BCUT2D eigenvalue weighted by Crippen LogP contribution is -2.40. The Balaban J connectivity index is 0. The number of rotatable bonds is 4. The van der Waals surface area contributed by atoms with Gasteiger partial charge in [0.05, 0.1) is 6.04 Å². The van der Waals surface area contributed by atoms with Crippen molar-refractivity contribution in [2.24, 2.45) is 5.92 Å².